The van der Waals surface area contributed by atoms with E-state index in [1.165, 1.54) is 4.31 Å². The first-order valence-electron chi connectivity index (χ1n) is 7.03. The lowest BCUT2D eigenvalue weighted by molar-refractivity contribution is 0.0948. The molecule has 8 heteroatoms. The number of benzene rings is 1. The van der Waals surface area contributed by atoms with Gasteiger partial charge >= 0.3 is 0 Å². The van der Waals surface area contributed by atoms with Crippen LogP contribution in [0, 0.1) is 5.92 Å². The van der Waals surface area contributed by atoms with Gasteiger partial charge in [-0.3, -0.25) is 9.10 Å². The summed E-state index contributed by atoms with van der Waals surface area (Å²) in [5, 5.41) is 2.80. The van der Waals surface area contributed by atoms with E-state index in [2.05, 4.69) is 5.32 Å². The van der Waals surface area contributed by atoms with Gasteiger partial charge in [-0.25, -0.2) is 8.42 Å². The van der Waals surface area contributed by atoms with Gasteiger partial charge in [0.25, 0.3) is 5.91 Å². The third-order valence-corrected chi connectivity index (χ3v) is 5.38. The van der Waals surface area contributed by atoms with Crippen molar-refractivity contribution in [3.8, 4) is 0 Å². The first-order valence-corrected chi connectivity index (χ1v) is 8.63. The van der Waals surface area contributed by atoms with Crippen LogP contribution in [0.1, 0.15) is 23.7 Å². The second kappa shape index (κ2) is 7.80. The second-order valence-corrected chi connectivity index (χ2v) is 7.36. The predicted molar refractivity (Wildman–Crippen MR) is 90.0 cm³/mol. The fraction of sp³-hybridized carbons (Fsp3) is 0.500. The zero-order valence-corrected chi connectivity index (χ0v) is 14.1. The Bertz CT molecular complexity index is 622. The van der Waals surface area contributed by atoms with Crippen molar-refractivity contribution in [2.75, 3.05) is 29.7 Å². The first kappa shape index (κ1) is 18.7. The summed E-state index contributed by atoms with van der Waals surface area (Å²) >= 11 is 0. The van der Waals surface area contributed by atoms with Gasteiger partial charge in [-0.15, -0.1) is 12.4 Å². The number of carbonyl (C=O) groups excluding carboxylic acids is 1. The molecule has 22 heavy (non-hydrogen) atoms. The maximum absolute atomic E-state index is 12.1. The monoisotopic (exact) mass is 347 g/mol. The molecule has 1 aliphatic heterocycles. The number of carbonyl (C=O) groups is 1. The number of nitrogens with one attached hydrogen (secondary N) is 1. The predicted octanol–water partition coefficient (Wildman–Crippen LogP) is 0.973. The first-order chi connectivity index (χ1) is 9.94. The van der Waals surface area contributed by atoms with E-state index >= 15 is 0 Å². The van der Waals surface area contributed by atoms with Crippen molar-refractivity contribution in [1.82, 2.24) is 5.32 Å². The number of sulfonamides is 1. The summed E-state index contributed by atoms with van der Waals surface area (Å²) in [6.45, 7) is 3.43. The van der Waals surface area contributed by atoms with Crippen LogP contribution in [0.5, 0.6) is 0 Å². The van der Waals surface area contributed by atoms with Crippen molar-refractivity contribution in [1.29, 1.82) is 0 Å². The van der Waals surface area contributed by atoms with E-state index in [-0.39, 0.29) is 30.0 Å². The number of anilines is 1. The lowest BCUT2D eigenvalue weighted by Crippen LogP contribution is -2.31. The zero-order valence-electron chi connectivity index (χ0n) is 12.5. The summed E-state index contributed by atoms with van der Waals surface area (Å²) < 4.78 is 25.2. The summed E-state index contributed by atoms with van der Waals surface area (Å²) in [6.07, 6.45) is 0.618. The Morgan fingerprint density at radius 3 is 2.77 bits per heavy atom. The number of rotatable bonds is 5. The number of hydrogen-bond donors (Lipinski definition) is 2. The number of hydrogen-bond acceptors (Lipinski definition) is 4. The van der Waals surface area contributed by atoms with Crippen LogP contribution in [0.15, 0.2) is 24.3 Å². The summed E-state index contributed by atoms with van der Waals surface area (Å²) in [5.74, 6) is 0.155. The highest BCUT2D eigenvalue weighted by Gasteiger charge is 2.28. The molecule has 1 unspecified atom stereocenters. The largest absolute Gasteiger partial charge is 0.352 e. The van der Waals surface area contributed by atoms with Crippen LogP contribution >= 0.6 is 12.4 Å². The lowest BCUT2D eigenvalue weighted by Gasteiger charge is -2.17. The zero-order chi connectivity index (χ0) is 15.5. The molecule has 1 atom stereocenters. The fourth-order valence-corrected chi connectivity index (χ4v) is 3.74. The maximum atomic E-state index is 12.1. The molecule has 0 spiro atoms. The maximum Gasteiger partial charge on any atom is 0.251 e. The van der Waals surface area contributed by atoms with Gasteiger partial charge in [0.15, 0.2) is 0 Å². The minimum atomic E-state index is -3.23. The van der Waals surface area contributed by atoms with Gasteiger partial charge in [-0.1, -0.05) is 13.0 Å². The van der Waals surface area contributed by atoms with Crippen molar-refractivity contribution < 1.29 is 13.2 Å². The highest BCUT2D eigenvalue weighted by atomic mass is 35.5. The van der Waals surface area contributed by atoms with Crippen LogP contribution < -0.4 is 15.4 Å². The summed E-state index contributed by atoms with van der Waals surface area (Å²) in [5.41, 5.74) is 6.51. The van der Waals surface area contributed by atoms with Crippen LogP contribution in [-0.4, -0.2) is 39.7 Å². The molecule has 0 saturated carbocycles. The smallest absolute Gasteiger partial charge is 0.251 e. The average Bonchev–Trinajstić information content (AvgIpc) is 2.83. The Labute approximate surface area is 137 Å². The molecule has 0 aliphatic carbocycles. The molecule has 1 heterocycles. The number of halogens is 1. The van der Waals surface area contributed by atoms with Crippen LogP contribution in [0.3, 0.4) is 0 Å². The molecule has 3 N–H and O–H groups in total. The molecule has 124 valence electrons. The average molecular weight is 348 g/mol. The molecular formula is C14H22ClN3O3S. The standard InChI is InChI=1S/C14H21N3O3S.ClH/c1-11(9-15)10-16-14(18)12-4-2-5-13(8-12)17-6-3-7-21(17,19)20;/h2,4-5,8,11H,3,6-7,9-10,15H2,1H3,(H,16,18);1H. The van der Waals surface area contributed by atoms with Gasteiger partial charge in [-0.05, 0) is 37.1 Å². The van der Waals surface area contributed by atoms with Crippen LogP contribution in [0.25, 0.3) is 0 Å². The molecule has 1 aromatic carbocycles. The van der Waals surface area contributed by atoms with Crippen molar-refractivity contribution in [3.05, 3.63) is 29.8 Å². The second-order valence-electron chi connectivity index (χ2n) is 5.34. The molecular weight excluding hydrogens is 326 g/mol. The molecule has 0 bridgehead atoms. The van der Waals surface area contributed by atoms with Crippen molar-refractivity contribution >= 4 is 34.0 Å². The Hall–Kier alpha value is -1.31. The van der Waals surface area contributed by atoms with Gasteiger partial charge in [0.1, 0.15) is 0 Å². The van der Waals surface area contributed by atoms with Gasteiger partial charge < -0.3 is 11.1 Å². The van der Waals surface area contributed by atoms with E-state index in [0.29, 0.717) is 37.3 Å². The van der Waals surface area contributed by atoms with E-state index in [1.807, 2.05) is 6.92 Å². The number of nitrogens with zero attached hydrogens (tertiary/aromatic N) is 1. The Kier molecular flexibility index (Phi) is 6.65. The highest BCUT2D eigenvalue weighted by molar-refractivity contribution is 7.93. The third-order valence-electron chi connectivity index (χ3n) is 3.51. The summed E-state index contributed by atoms with van der Waals surface area (Å²) in [7, 11) is -3.23. The van der Waals surface area contributed by atoms with Gasteiger partial charge in [0, 0.05) is 18.7 Å². The quantitative estimate of drug-likeness (QED) is 0.830. The topological polar surface area (TPSA) is 92.5 Å². The molecule has 1 aromatic rings. The Morgan fingerprint density at radius 2 is 2.18 bits per heavy atom. The van der Waals surface area contributed by atoms with Gasteiger partial charge in [0.05, 0.1) is 11.4 Å². The minimum absolute atomic E-state index is 0. The molecule has 6 nitrogen and oxygen atoms in total. The van der Waals surface area contributed by atoms with E-state index in [4.69, 9.17) is 5.73 Å². The van der Waals surface area contributed by atoms with E-state index in [1.54, 1.807) is 24.3 Å². The third kappa shape index (κ3) is 4.34. The highest BCUT2D eigenvalue weighted by Crippen LogP contribution is 2.24. The van der Waals surface area contributed by atoms with Crippen molar-refractivity contribution in [2.45, 2.75) is 13.3 Å². The Morgan fingerprint density at radius 1 is 1.45 bits per heavy atom. The van der Waals surface area contributed by atoms with E-state index in [9.17, 15) is 13.2 Å². The lowest BCUT2D eigenvalue weighted by atomic mass is 10.1. The number of nitrogens with two attached hydrogens (primary N) is 1. The van der Waals surface area contributed by atoms with Crippen LogP contribution in [0.2, 0.25) is 0 Å². The number of amides is 1. The normalized spacial score (nSPS) is 17.6. The molecule has 1 amide bonds. The van der Waals surface area contributed by atoms with E-state index in [0.717, 1.165) is 0 Å². The minimum Gasteiger partial charge on any atom is -0.352 e. The molecule has 1 saturated heterocycles. The van der Waals surface area contributed by atoms with Crippen molar-refractivity contribution in [3.63, 3.8) is 0 Å². The molecule has 0 radical (unpaired) electrons. The van der Waals surface area contributed by atoms with Gasteiger partial charge in [-0.2, -0.15) is 0 Å². The summed E-state index contributed by atoms with van der Waals surface area (Å²) in [4.78, 5) is 12.1. The Balaban J connectivity index is 0.00000242. The molecule has 1 fully saturated rings. The van der Waals surface area contributed by atoms with Crippen molar-refractivity contribution in [2.24, 2.45) is 11.7 Å². The molecule has 0 aromatic heterocycles. The fourth-order valence-electron chi connectivity index (χ4n) is 2.18. The summed E-state index contributed by atoms with van der Waals surface area (Å²) in [6, 6.07) is 6.70. The van der Waals surface area contributed by atoms with Crippen LogP contribution in [-0.2, 0) is 10.0 Å². The van der Waals surface area contributed by atoms with E-state index < -0.39 is 10.0 Å². The van der Waals surface area contributed by atoms with Crippen LogP contribution in [0.4, 0.5) is 5.69 Å². The SMILES string of the molecule is CC(CN)CNC(=O)c1cccc(N2CCCS2(=O)=O)c1.Cl. The molecule has 1 aliphatic rings. The van der Waals surface area contributed by atoms with Gasteiger partial charge in [0.2, 0.25) is 10.0 Å². The molecule has 2 rings (SSSR count).